The minimum Gasteiger partial charge on any atom is -0.396 e. The van der Waals surface area contributed by atoms with Crippen LogP contribution >= 0.6 is 11.1 Å². The molecule has 0 aromatic heterocycles. The molecular weight excluding hydrogens is 328 g/mol. The van der Waals surface area contributed by atoms with E-state index in [-0.39, 0.29) is 0 Å². The Balaban J connectivity index is -0.000000111. The van der Waals surface area contributed by atoms with Gasteiger partial charge < -0.3 is 15.3 Å². The molecule has 0 aliphatic rings. The fourth-order valence-corrected chi connectivity index (χ4v) is 1.62. The van der Waals surface area contributed by atoms with Crippen LogP contribution in [0.3, 0.4) is 0 Å². The van der Waals surface area contributed by atoms with Crippen LogP contribution in [0.2, 0.25) is 0 Å². The highest BCUT2D eigenvalue weighted by Crippen LogP contribution is 1.97. The van der Waals surface area contributed by atoms with Gasteiger partial charge in [0.05, 0.1) is 0 Å². The summed E-state index contributed by atoms with van der Waals surface area (Å²) in [6, 6.07) is 0. The van der Waals surface area contributed by atoms with Crippen molar-refractivity contribution < 1.29 is 15.3 Å². The van der Waals surface area contributed by atoms with Gasteiger partial charge in [-0.3, -0.25) is 0 Å². The van der Waals surface area contributed by atoms with Crippen LogP contribution in [0, 0.1) is 0 Å². The van der Waals surface area contributed by atoms with Crippen molar-refractivity contribution in [2.75, 3.05) is 19.8 Å². The van der Waals surface area contributed by atoms with Gasteiger partial charge in [0.25, 0.3) is 0 Å². The smallest absolute Gasteiger partial charge is 0.109 e. The lowest BCUT2D eigenvalue weighted by molar-refractivity contribution is 0.282. The summed E-state index contributed by atoms with van der Waals surface area (Å²) in [7, 11) is 0.778. The normalized spacial score (nSPS) is 9.00. The van der Waals surface area contributed by atoms with E-state index in [1.807, 2.05) is 0 Å². The molecule has 0 saturated carbocycles. The Morgan fingerprint density at radius 3 is 0.826 bits per heavy atom. The van der Waals surface area contributed by atoms with Gasteiger partial charge in [-0.05, 0) is 19.3 Å². The molecule has 0 spiro atoms. The zero-order chi connectivity index (χ0) is 18.6. The Bertz CT molecular complexity index is 106. The van der Waals surface area contributed by atoms with E-state index < -0.39 is 0 Å². The van der Waals surface area contributed by atoms with Gasteiger partial charge in [0, 0.05) is 19.8 Å². The van der Waals surface area contributed by atoms with Gasteiger partial charge in [-0.1, -0.05) is 78.6 Å². The third-order valence-corrected chi connectivity index (χ3v) is 3.04. The van der Waals surface area contributed by atoms with Crippen LogP contribution in [0.1, 0.15) is 97.8 Å². The Hall–Kier alpha value is 0.387. The molecule has 5 heteroatoms. The first-order valence-corrected chi connectivity index (χ1v) is 12.5. The zero-order valence-electron chi connectivity index (χ0n) is 16.3. The van der Waals surface area contributed by atoms with Crippen molar-refractivity contribution in [3.05, 3.63) is 0 Å². The van der Waals surface area contributed by atoms with Crippen molar-refractivity contribution in [1.29, 1.82) is 0 Å². The largest absolute Gasteiger partial charge is 0.396 e. The van der Waals surface area contributed by atoms with Gasteiger partial charge >= 0.3 is 0 Å². The average molecular weight is 373 g/mol. The molecule has 3 nitrogen and oxygen atoms in total. The molecule has 0 atom stereocenters. The zero-order valence-corrected chi connectivity index (χ0v) is 19.1. The highest BCUT2D eigenvalue weighted by molar-refractivity contribution is 6.80. The number of hydrogen-bond donors (Lipinski definition) is 3. The van der Waals surface area contributed by atoms with Gasteiger partial charge in [0.1, 0.15) is 9.55 Å². The summed E-state index contributed by atoms with van der Waals surface area (Å²) in [4.78, 5) is 0. The second-order valence-corrected chi connectivity index (χ2v) is 5.35. The Morgan fingerprint density at radius 1 is 0.478 bits per heavy atom. The number of aliphatic hydroxyl groups is 3. The summed E-state index contributed by atoms with van der Waals surface area (Å²) in [6.45, 7) is 7.58. The van der Waals surface area contributed by atoms with E-state index in [9.17, 15) is 0 Å². The highest BCUT2D eigenvalue weighted by atomic mass is 35.6. The summed E-state index contributed by atoms with van der Waals surface area (Å²) in [6.07, 6.45) is 14.0. The first kappa shape index (κ1) is 31.2. The summed E-state index contributed by atoms with van der Waals surface area (Å²) in [5.41, 5.74) is 0. The van der Waals surface area contributed by atoms with E-state index in [4.69, 9.17) is 26.4 Å². The van der Waals surface area contributed by atoms with Crippen LogP contribution in [0.15, 0.2) is 0 Å². The van der Waals surface area contributed by atoms with Crippen molar-refractivity contribution in [3.8, 4) is 0 Å². The molecule has 0 bridgehead atoms. The first-order valence-electron chi connectivity index (χ1n) is 9.45. The van der Waals surface area contributed by atoms with Crippen molar-refractivity contribution >= 4 is 20.6 Å². The van der Waals surface area contributed by atoms with Crippen LogP contribution in [0.5, 0.6) is 0 Å². The van der Waals surface area contributed by atoms with Crippen molar-refractivity contribution in [1.82, 2.24) is 0 Å². The molecule has 0 heterocycles. The minimum atomic E-state index is 0.361. The molecule has 0 aromatic rings. The third kappa shape index (κ3) is 60.6. The monoisotopic (exact) mass is 372 g/mol. The van der Waals surface area contributed by atoms with E-state index in [1.165, 1.54) is 57.8 Å². The average Bonchev–Trinajstić information content (AvgIpc) is 2.59. The van der Waals surface area contributed by atoms with Crippen LogP contribution in [0.4, 0.5) is 0 Å². The predicted octanol–water partition coefficient (Wildman–Crippen LogP) is 4.18. The lowest BCUT2D eigenvalue weighted by atomic mass is 10.2. The molecule has 0 aliphatic heterocycles. The second-order valence-electron chi connectivity index (χ2n) is 5.35. The SMILES string of the molecule is CCCCCCO.CCCCCCO.CCCCCCO.[SiH3]Cl. The van der Waals surface area contributed by atoms with Gasteiger partial charge in [-0.25, -0.2) is 0 Å². The Kier molecular flexibility index (Phi) is 58.6. The molecule has 0 saturated heterocycles. The molecule has 3 N–H and O–H groups in total. The topological polar surface area (TPSA) is 60.7 Å². The summed E-state index contributed by atoms with van der Waals surface area (Å²) in [5, 5.41) is 24.9. The molecule has 0 aliphatic carbocycles. The van der Waals surface area contributed by atoms with Crippen molar-refractivity contribution in [2.45, 2.75) is 97.8 Å². The van der Waals surface area contributed by atoms with E-state index in [0.717, 1.165) is 28.8 Å². The molecule has 146 valence electrons. The number of unbranched alkanes of at least 4 members (excludes halogenated alkanes) is 9. The number of rotatable bonds is 12. The van der Waals surface area contributed by atoms with Gasteiger partial charge in [0.2, 0.25) is 0 Å². The summed E-state index contributed by atoms with van der Waals surface area (Å²) in [5.74, 6) is 0. The van der Waals surface area contributed by atoms with E-state index in [2.05, 4.69) is 20.8 Å². The molecule has 23 heavy (non-hydrogen) atoms. The molecule has 0 aromatic carbocycles. The minimum absolute atomic E-state index is 0.361. The van der Waals surface area contributed by atoms with Crippen molar-refractivity contribution in [2.24, 2.45) is 0 Å². The standard InChI is InChI=1S/3C6H14O.ClH3Si/c3*1-2-3-4-5-6-7;1-2/h3*7H,2-6H2,1H3;2H3. The summed E-state index contributed by atoms with van der Waals surface area (Å²) < 4.78 is 0. The molecular formula is C18H45ClO3Si. The molecule has 0 amide bonds. The van der Waals surface area contributed by atoms with Crippen LogP contribution in [-0.2, 0) is 0 Å². The van der Waals surface area contributed by atoms with Gasteiger partial charge in [-0.2, -0.15) is 11.1 Å². The van der Waals surface area contributed by atoms with E-state index in [0.29, 0.717) is 19.8 Å². The first-order chi connectivity index (χ1) is 11.2. The highest BCUT2D eigenvalue weighted by Gasteiger charge is 1.82. The maximum atomic E-state index is 8.29. The third-order valence-electron chi connectivity index (χ3n) is 3.04. The van der Waals surface area contributed by atoms with Crippen LogP contribution < -0.4 is 0 Å². The summed E-state index contributed by atoms with van der Waals surface area (Å²) >= 11 is 4.78. The lowest BCUT2D eigenvalue weighted by Gasteiger charge is -1.90. The van der Waals surface area contributed by atoms with E-state index >= 15 is 0 Å². The maximum absolute atomic E-state index is 8.29. The van der Waals surface area contributed by atoms with Gasteiger partial charge in [-0.15, -0.1) is 0 Å². The number of hydrogen-bond acceptors (Lipinski definition) is 3. The fraction of sp³-hybridized carbons (Fsp3) is 1.00. The van der Waals surface area contributed by atoms with E-state index in [1.54, 1.807) is 0 Å². The van der Waals surface area contributed by atoms with Crippen LogP contribution in [-0.4, -0.2) is 44.7 Å². The number of aliphatic hydroxyl groups excluding tert-OH is 3. The molecule has 0 rings (SSSR count). The molecule has 0 unspecified atom stereocenters. The second kappa shape index (κ2) is 43.3. The van der Waals surface area contributed by atoms with Crippen LogP contribution in [0.25, 0.3) is 0 Å². The fourth-order valence-electron chi connectivity index (χ4n) is 1.62. The Labute approximate surface area is 154 Å². The maximum Gasteiger partial charge on any atom is 0.109 e. The lowest BCUT2D eigenvalue weighted by Crippen LogP contribution is -1.80. The quantitative estimate of drug-likeness (QED) is 0.273. The molecule has 0 fully saturated rings. The van der Waals surface area contributed by atoms with Crippen molar-refractivity contribution in [3.63, 3.8) is 0 Å². The molecule has 0 radical (unpaired) electrons. The number of halogens is 1. The predicted molar refractivity (Wildman–Crippen MR) is 109 cm³/mol. The Morgan fingerprint density at radius 2 is 0.696 bits per heavy atom. The van der Waals surface area contributed by atoms with Gasteiger partial charge in [0.15, 0.2) is 0 Å².